The Balaban J connectivity index is 2.98. The van der Waals surface area contributed by atoms with Crippen molar-refractivity contribution >= 4 is 11.9 Å². The van der Waals surface area contributed by atoms with Gasteiger partial charge in [-0.3, -0.25) is 0 Å². The van der Waals surface area contributed by atoms with Gasteiger partial charge in [0.05, 0.1) is 6.61 Å². The average molecular weight is 281 g/mol. The number of hydrogen-bond donors (Lipinski definition) is 1. The summed E-state index contributed by atoms with van der Waals surface area (Å²) in [5.41, 5.74) is 0. The maximum atomic E-state index is 5.55. The fraction of sp³-hybridized carbons (Fsp3) is 0.786. The highest BCUT2D eigenvalue weighted by molar-refractivity contribution is 5.38. The van der Waals surface area contributed by atoms with Gasteiger partial charge >= 0.3 is 6.01 Å². The van der Waals surface area contributed by atoms with Crippen LogP contribution < -0.4 is 15.0 Å². The smallest absolute Gasteiger partial charge is 0.323 e. The van der Waals surface area contributed by atoms with Crippen LogP contribution in [-0.4, -0.2) is 41.2 Å². The number of hydrogen-bond acceptors (Lipinski definition) is 6. The predicted molar refractivity (Wildman–Crippen MR) is 82.5 cm³/mol. The van der Waals surface area contributed by atoms with E-state index in [0.717, 1.165) is 26.1 Å². The van der Waals surface area contributed by atoms with E-state index in [-0.39, 0.29) is 0 Å². The Kier molecular flexibility index (Phi) is 7.04. The molecule has 1 heterocycles. The van der Waals surface area contributed by atoms with Crippen LogP contribution in [0.15, 0.2) is 0 Å². The van der Waals surface area contributed by atoms with Crippen molar-refractivity contribution in [3.63, 3.8) is 0 Å². The highest BCUT2D eigenvalue weighted by Crippen LogP contribution is 2.16. The van der Waals surface area contributed by atoms with Gasteiger partial charge in [0.2, 0.25) is 11.9 Å². The van der Waals surface area contributed by atoms with Crippen molar-refractivity contribution in [2.75, 3.05) is 36.5 Å². The van der Waals surface area contributed by atoms with Gasteiger partial charge in [-0.25, -0.2) is 0 Å². The van der Waals surface area contributed by atoms with Crippen LogP contribution in [0, 0.1) is 5.92 Å². The zero-order chi connectivity index (χ0) is 15.0. The highest BCUT2D eigenvalue weighted by atomic mass is 16.5. The molecule has 6 heteroatoms. The first-order chi connectivity index (χ1) is 9.60. The standard InChI is InChI=1S/C14H27N5O/c1-6-9-20-14-17-12(15-7-2)16-13(18-14)19(8-3)10-11(4)5/h11H,6-10H2,1-5H3,(H,15,16,17,18). The minimum atomic E-state index is 0.398. The van der Waals surface area contributed by atoms with Gasteiger partial charge in [0.1, 0.15) is 0 Å². The third kappa shape index (κ3) is 5.19. The summed E-state index contributed by atoms with van der Waals surface area (Å²) in [6, 6.07) is 0.398. The lowest BCUT2D eigenvalue weighted by Crippen LogP contribution is -2.29. The monoisotopic (exact) mass is 281 g/mol. The first kappa shape index (κ1) is 16.5. The third-order valence-electron chi connectivity index (χ3n) is 2.62. The summed E-state index contributed by atoms with van der Waals surface area (Å²) in [6.45, 7) is 13.7. The fourth-order valence-corrected chi connectivity index (χ4v) is 1.78. The second-order valence-corrected chi connectivity index (χ2v) is 5.05. The summed E-state index contributed by atoms with van der Waals surface area (Å²) in [7, 11) is 0. The van der Waals surface area contributed by atoms with Gasteiger partial charge in [0.15, 0.2) is 0 Å². The van der Waals surface area contributed by atoms with E-state index < -0.39 is 0 Å². The van der Waals surface area contributed by atoms with Crippen molar-refractivity contribution < 1.29 is 4.74 Å². The average Bonchev–Trinajstić information content (AvgIpc) is 2.42. The molecule has 1 aromatic rings. The van der Waals surface area contributed by atoms with Gasteiger partial charge in [0.25, 0.3) is 0 Å². The largest absolute Gasteiger partial charge is 0.463 e. The Morgan fingerprint density at radius 2 is 1.90 bits per heavy atom. The second kappa shape index (κ2) is 8.55. The van der Waals surface area contributed by atoms with E-state index in [2.05, 4.69) is 52.9 Å². The molecule has 20 heavy (non-hydrogen) atoms. The number of nitrogens with one attached hydrogen (secondary N) is 1. The molecule has 0 fully saturated rings. The van der Waals surface area contributed by atoms with Gasteiger partial charge in [-0.1, -0.05) is 20.8 Å². The van der Waals surface area contributed by atoms with Crippen molar-refractivity contribution in [3.05, 3.63) is 0 Å². The summed E-state index contributed by atoms with van der Waals surface area (Å²) < 4.78 is 5.55. The molecular weight excluding hydrogens is 254 g/mol. The number of ether oxygens (including phenoxy) is 1. The van der Waals surface area contributed by atoms with Crippen LogP contribution in [0.2, 0.25) is 0 Å². The molecule has 0 spiro atoms. The van der Waals surface area contributed by atoms with Crippen molar-refractivity contribution in [2.24, 2.45) is 5.92 Å². The fourth-order valence-electron chi connectivity index (χ4n) is 1.78. The van der Waals surface area contributed by atoms with E-state index in [0.29, 0.717) is 30.4 Å². The molecule has 0 radical (unpaired) electrons. The normalized spacial score (nSPS) is 10.7. The van der Waals surface area contributed by atoms with E-state index in [1.54, 1.807) is 0 Å². The molecule has 114 valence electrons. The highest BCUT2D eigenvalue weighted by Gasteiger charge is 2.14. The molecule has 0 atom stereocenters. The topological polar surface area (TPSA) is 63.2 Å². The number of anilines is 2. The zero-order valence-corrected chi connectivity index (χ0v) is 13.3. The van der Waals surface area contributed by atoms with E-state index in [1.165, 1.54) is 0 Å². The summed E-state index contributed by atoms with van der Waals surface area (Å²) in [5, 5.41) is 3.13. The molecule has 0 saturated heterocycles. The maximum Gasteiger partial charge on any atom is 0.323 e. The van der Waals surface area contributed by atoms with Gasteiger partial charge in [-0.2, -0.15) is 15.0 Å². The molecule has 1 aromatic heterocycles. The van der Waals surface area contributed by atoms with E-state index in [4.69, 9.17) is 4.74 Å². The van der Waals surface area contributed by atoms with Crippen LogP contribution in [0.1, 0.15) is 41.0 Å². The summed E-state index contributed by atoms with van der Waals surface area (Å²) in [5.74, 6) is 1.80. The molecule has 0 saturated carbocycles. The molecule has 0 aliphatic rings. The number of aromatic nitrogens is 3. The van der Waals surface area contributed by atoms with Crippen molar-refractivity contribution in [2.45, 2.75) is 41.0 Å². The van der Waals surface area contributed by atoms with E-state index >= 15 is 0 Å². The van der Waals surface area contributed by atoms with Crippen molar-refractivity contribution in [1.82, 2.24) is 15.0 Å². The lowest BCUT2D eigenvalue weighted by molar-refractivity contribution is 0.291. The summed E-state index contributed by atoms with van der Waals surface area (Å²) >= 11 is 0. The van der Waals surface area contributed by atoms with E-state index in [1.807, 2.05) is 6.92 Å². The van der Waals surface area contributed by atoms with Crippen LogP contribution in [0.3, 0.4) is 0 Å². The van der Waals surface area contributed by atoms with Crippen molar-refractivity contribution in [3.8, 4) is 6.01 Å². The van der Waals surface area contributed by atoms with Crippen LogP contribution in [-0.2, 0) is 0 Å². The maximum absolute atomic E-state index is 5.55. The van der Waals surface area contributed by atoms with Gasteiger partial charge in [-0.15, -0.1) is 0 Å². The molecule has 6 nitrogen and oxygen atoms in total. The summed E-state index contributed by atoms with van der Waals surface area (Å²) in [4.78, 5) is 15.3. The summed E-state index contributed by atoms with van der Waals surface area (Å²) in [6.07, 6.45) is 0.932. The van der Waals surface area contributed by atoms with Gasteiger partial charge in [-0.05, 0) is 26.2 Å². The minimum absolute atomic E-state index is 0.398. The quantitative estimate of drug-likeness (QED) is 0.750. The molecule has 0 bridgehead atoms. The minimum Gasteiger partial charge on any atom is -0.463 e. The van der Waals surface area contributed by atoms with E-state index in [9.17, 15) is 0 Å². The van der Waals surface area contributed by atoms with Crippen molar-refractivity contribution in [1.29, 1.82) is 0 Å². The Labute approximate surface area is 122 Å². The Morgan fingerprint density at radius 1 is 1.15 bits per heavy atom. The first-order valence-electron chi connectivity index (χ1n) is 7.48. The number of nitrogens with zero attached hydrogens (tertiary/aromatic N) is 4. The molecular formula is C14H27N5O. The van der Waals surface area contributed by atoms with Crippen LogP contribution >= 0.6 is 0 Å². The van der Waals surface area contributed by atoms with Gasteiger partial charge in [0, 0.05) is 19.6 Å². The Morgan fingerprint density at radius 3 is 2.45 bits per heavy atom. The Bertz CT molecular complexity index is 397. The molecule has 0 unspecified atom stereocenters. The SMILES string of the molecule is CCCOc1nc(NCC)nc(N(CC)CC(C)C)n1. The lowest BCUT2D eigenvalue weighted by atomic mass is 10.2. The van der Waals surface area contributed by atoms with Crippen LogP contribution in [0.5, 0.6) is 6.01 Å². The predicted octanol–water partition coefficient (Wildman–Crippen LogP) is 2.57. The lowest BCUT2D eigenvalue weighted by Gasteiger charge is -2.23. The molecule has 0 aliphatic heterocycles. The Hall–Kier alpha value is -1.59. The molecule has 1 rings (SSSR count). The number of rotatable bonds is 9. The van der Waals surface area contributed by atoms with Gasteiger partial charge < -0.3 is 15.0 Å². The molecule has 0 aliphatic carbocycles. The molecule has 0 aromatic carbocycles. The molecule has 0 amide bonds. The van der Waals surface area contributed by atoms with Crippen LogP contribution in [0.4, 0.5) is 11.9 Å². The van der Waals surface area contributed by atoms with Crippen LogP contribution in [0.25, 0.3) is 0 Å². The zero-order valence-electron chi connectivity index (χ0n) is 13.3. The third-order valence-corrected chi connectivity index (χ3v) is 2.62. The molecule has 1 N–H and O–H groups in total. The first-order valence-corrected chi connectivity index (χ1v) is 7.48. The second-order valence-electron chi connectivity index (χ2n) is 5.05.